The molecule has 1 saturated carbocycles. The number of nitrogens with one attached hydrogen (secondary N) is 1. The second-order valence-electron chi connectivity index (χ2n) is 5.09. The predicted octanol–water partition coefficient (Wildman–Crippen LogP) is 2.27. The number of likely N-dealkylation sites (N-methyl/N-ethyl adjacent to an activating group) is 1. The number of hydrogen-bond acceptors (Lipinski definition) is 3. The van der Waals surface area contributed by atoms with E-state index in [1.165, 1.54) is 24.8 Å². The third kappa shape index (κ3) is 3.72. The quantitative estimate of drug-likeness (QED) is 0.801. The number of rotatable bonds is 7. The van der Waals surface area contributed by atoms with Gasteiger partial charge in [0.15, 0.2) is 0 Å². The van der Waals surface area contributed by atoms with Crippen LogP contribution < -0.4 is 10.1 Å². The van der Waals surface area contributed by atoms with Gasteiger partial charge in [0.2, 0.25) is 0 Å². The largest absolute Gasteiger partial charge is 0.492 e. The van der Waals surface area contributed by atoms with Gasteiger partial charge < -0.3 is 15.0 Å². The van der Waals surface area contributed by atoms with Crippen molar-refractivity contribution in [1.82, 2.24) is 10.2 Å². The topological polar surface area (TPSA) is 24.5 Å². The summed E-state index contributed by atoms with van der Waals surface area (Å²) >= 11 is 0. The van der Waals surface area contributed by atoms with E-state index in [2.05, 4.69) is 35.5 Å². The lowest BCUT2D eigenvalue weighted by Crippen LogP contribution is -2.39. The Morgan fingerprint density at radius 3 is 2.89 bits per heavy atom. The molecule has 1 aromatic carbocycles. The van der Waals surface area contributed by atoms with Gasteiger partial charge in [-0.1, -0.05) is 18.6 Å². The third-order valence-electron chi connectivity index (χ3n) is 3.69. The summed E-state index contributed by atoms with van der Waals surface area (Å²) in [6, 6.07) is 9.10. The molecule has 0 bridgehead atoms. The summed E-state index contributed by atoms with van der Waals surface area (Å²) in [5.74, 6) is 0.977. The Labute approximate surface area is 110 Å². The summed E-state index contributed by atoms with van der Waals surface area (Å²) in [7, 11) is 4.16. The van der Waals surface area contributed by atoms with E-state index in [4.69, 9.17) is 4.74 Å². The van der Waals surface area contributed by atoms with E-state index in [1.54, 1.807) is 0 Å². The van der Waals surface area contributed by atoms with Gasteiger partial charge in [0.1, 0.15) is 12.4 Å². The summed E-state index contributed by atoms with van der Waals surface area (Å²) in [6.45, 7) is 2.68. The normalized spacial score (nSPS) is 15.7. The maximum absolute atomic E-state index is 5.81. The molecule has 1 N–H and O–H groups in total. The molecule has 18 heavy (non-hydrogen) atoms. The lowest BCUT2D eigenvalue weighted by Gasteiger charge is -2.34. The van der Waals surface area contributed by atoms with Crippen LogP contribution in [0.5, 0.6) is 5.75 Å². The van der Waals surface area contributed by atoms with Crippen molar-refractivity contribution in [1.29, 1.82) is 0 Å². The number of nitrogens with zero attached hydrogens (tertiary/aromatic N) is 1. The SMILES string of the molecule is CNCc1cccc(OCCN(C)C2CCC2)c1. The number of ether oxygens (including phenoxy) is 1. The van der Waals surface area contributed by atoms with Gasteiger partial charge in [0, 0.05) is 19.1 Å². The second-order valence-corrected chi connectivity index (χ2v) is 5.09. The van der Waals surface area contributed by atoms with Gasteiger partial charge in [-0.15, -0.1) is 0 Å². The first-order valence-corrected chi connectivity index (χ1v) is 6.86. The standard InChI is InChI=1S/C15H24N2O/c1-16-12-13-5-3-8-15(11-13)18-10-9-17(2)14-6-4-7-14/h3,5,8,11,14,16H,4,6-7,9-10,12H2,1-2H3. The lowest BCUT2D eigenvalue weighted by atomic mass is 9.92. The van der Waals surface area contributed by atoms with Crippen LogP contribution in [0.2, 0.25) is 0 Å². The maximum atomic E-state index is 5.81. The molecule has 0 radical (unpaired) electrons. The van der Waals surface area contributed by atoms with Crippen molar-refractivity contribution >= 4 is 0 Å². The van der Waals surface area contributed by atoms with E-state index in [-0.39, 0.29) is 0 Å². The maximum Gasteiger partial charge on any atom is 0.119 e. The van der Waals surface area contributed by atoms with Crippen LogP contribution in [0.25, 0.3) is 0 Å². The molecule has 1 aliphatic rings. The lowest BCUT2D eigenvalue weighted by molar-refractivity contribution is 0.135. The van der Waals surface area contributed by atoms with Crippen molar-refractivity contribution in [2.45, 2.75) is 31.8 Å². The van der Waals surface area contributed by atoms with Gasteiger partial charge in [0.25, 0.3) is 0 Å². The van der Waals surface area contributed by atoms with Gasteiger partial charge in [-0.25, -0.2) is 0 Å². The minimum atomic E-state index is 0.774. The van der Waals surface area contributed by atoms with E-state index in [0.717, 1.165) is 31.5 Å². The first kappa shape index (κ1) is 13.4. The fourth-order valence-corrected chi connectivity index (χ4v) is 2.27. The molecule has 0 spiro atoms. The molecular weight excluding hydrogens is 224 g/mol. The van der Waals surface area contributed by atoms with Gasteiger partial charge in [-0.3, -0.25) is 0 Å². The van der Waals surface area contributed by atoms with E-state index in [0.29, 0.717) is 0 Å². The second kappa shape index (κ2) is 6.76. The summed E-state index contributed by atoms with van der Waals surface area (Å²) in [5, 5.41) is 3.15. The van der Waals surface area contributed by atoms with Crippen LogP contribution >= 0.6 is 0 Å². The zero-order valence-corrected chi connectivity index (χ0v) is 11.5. The molecule has 1 fully saturated rings. The highest BCUT2D eigenvalue weighted by atomic mass is 16.5. The van der Waals surface area contributed by atoms with Crippen molar-refractivity contribution in [3.63, 3.8) is 0 Å². The van der Waals surface area contributed by atoms with E-state index in [1.807, 2.05) is 13.1 Å². The smallest absolute Gasteiger partial charge is 0.119 e. The molecule has 0 saturated heterocycles. The highest BCUT2D eigenvalue weighted by molar-refractivity contribution is 5.28. The Bertz CT molecular complexity index is 363. The van der Waals surface area contributed by atoms with E-state index < -0.39 is 0 Å². The Kier molecular flexibility index (Phi) is 5.02. The fraction of sp³-hybridized carbons (Fsp3) is 0.600. The van der Waals surface area contributed by atoms with Crippen LogP contribution in [0.1, 0.15) is 24.8 Å². The van der Waals surface area contributed by atoms with Gasteiger partial charge in [-0.05, 0) is 44.6 Å². The summed E-state index contributed by atoms with van der Waals surface area (Å²) in [5.41, 5.74) is 1.27. The monoisotopic (exact) mass is 248 g/mol. The minimum absolute atomic E-state index is 0.774. The molecule has 2 rings (SSSR count). The molecule has 100 valence electrons. The Morgan fingerprint density at radius 2 is 2.22 bits per heavy atom. The fourth-order valence-electron chi connectivity index (χ4n) is 2.27. The Balaban J connectivity index is 1.73. The first-order valence-electron chi connectivity index (χ1n) is 6.86. The van der Waals surface area contributed by atoms with E-state index in [9.17, 15) is 0 Å². The Morgan fingerprint density at radius 1 is 1.39 bits per heavy atom. The van der Waals surface area contributed by atoms with Crippen LogP contribution in [-0.2, 0) is 6.54 Å². The zero-order valence-electron chi connectivity index (χ0n) is 11.5. The molecule has 3 nitrogen and oxygen atoms in total. The van der Waals surface area contributed by atoms with Crippen LogP contribution in [-0.4, -0.2) is 38.2 Å². The molecule has 0 unspecified atom stereocenters. The van der Waals surface area contributed by atoms with Crippen LogP contribution in [0.15, 0.2) is 24.3 Å². The molecule has 3 heteroatoms. The molecule has 0 amide bonds. The van der Waals surface area contributed by atoms with Crippen LogP contribution in [0.3, 0.4) is 0 Å². The highest BCUT2D eigenvalue weighted by Crippen LogP contribution is 2.23. The first-order chi connectivity index (χ1) is 8.79. The molecule has 0 aliphatic heterocycles. The van der Waals surface area contributed by atoms with Crippen LogP contribution in [0, 0.1) is 0 Å². The summed E-state index contributed by atoms with van der Waals surface area (Å²) in [4.78, 5) is 2.42. The Hall–Kier alpha value is -1.06. The molecule has 0 aromatic heterocycles. The zero-order chi connectivity index (χ0) is 12.8. The molecule has 1 aromatic rings. The molecular formula is C15H24N2O. The molecule has 1 aliphatic carbocycles. The molecule has 0 heterocycles. The average molecular weight is 248 g/mol. The number of hydrogen-bond donors (Lipinski definition) is 1. The summed E-state index contributed by atoms with van der Waals surface area (Å²) < 4.78 is 5.81. The predicted molar refractivity (Wildman–Crippen MR) is 75.0 cm³/mol. The van der Waals surface area contributed by atoms with Crippen molar-refractivity contribution in [2.75, 3.05) is 27.2 Å². The van der Waals surface area contributed by atoms with Crippen molar-refractivity contribution < 1.29 is 4.74 Å². The number of benzene rings is 1. The van der Waals surface area contributed by atoms with Gasteiger partial charge >= 0.3 is 0 Å². The highest BCUT2D eigenvalue weighted by Gasteiger charge is 2.21. The van der Waals surface area contributed by atoms with Gasteiger partial charge in [-0.2, -0.15) is 0 Å². The van der Waals surface area contributed by atoms with Gasteiger partial charge in [0.05, 0.1) is 0 Å². The average Bonchev–Trinajstić information content (AvgIpc) is 2.27. The van der Waals surface area contributed by atoms with E-state index >= 15 is 0 Å². The molecule has 0 atom stereocenters. The third-order valence-corrected chi connectivity index (χ3v) is 3.69. The van der Waals surface area contributed by atoms with Crippen molar-refractivity contribution in [3.05, 3.63) is 29.8 Å². The van der Waals surface area contributed by atoms with Crippen LogP contribution in [0.4, 0.5) is 0 Å². The van der Waals surface area contributed by atoms with Crippen molar-refractivity contribution in [2.24, 2.45) is 0 Å². The minimum Gasteiger partial charge on any atom is -0.492 e. The van der Waals surface area contributed by atoms with Crippen molar-refractivity contribution in [3.8, 4) is 5.75 Å². The summed E-state index contributed by atoms with van der Waals surface area (Å²) in [6.07, 6.45) is 4.10.